The third-order valence-electron chi connectivity index (χ3n) is 7.89. The van der Waals surface area contributed by atoms with Crippen molar-refractivity contribution in [1.29, 1.82) is 5.26 Å². The lowest BCUT2D eigenvalue weighted by Crippen LogP contribution is -2.50. The van der Waals surface area contributed by atoms with Gasteiger partial charge < -0.3 is 5.11 Å². The molecule has 3 heteroatoms. The molecule has 0 aromatic heterocycles. The van der Waals surface area contributed by atoms with Crippen LogP contribution in [-0.2, 0) is 4.79 Å². The van der Waals surface area contributed by atoms with E-state index in [1.54, 1.807) is 0 Å². The van der Waals surface area contributed by atoms with Crippen molar-refractivity contribution in [3.63, 3.8) is 0 Å². The zero-order valence-electron chi connectivity index (χ0n) is 16.1. The Kier molecular flexibility index (Phi) is 4.04. The SMILES string of the molecule is CC(C)C1C[C@H]2[C@@H]3CCC4=CC(=O)CCC4=C3C=C[C@]2(C)[C@]1(O)CC#N. The maximum Gasteiger partial charge on any atom is 0.156 e. The smallest absolute Gasteiger partial charge is 0.156 e. The zero-order valence-corrected chi connectivity index (χ0v) is 16.1. The molecule has 26 heavy (non-hydrogen) atoms. The van der Waals surface area contributed by atoms with E-state index in [9.17, 15) is 15.2 Å². The Morgan fingerprint density at radius 3 is 2.81 bits per heavy atom. The summed E-state index contributed by atoms with van der Waals surface area (Å²) in [5.41, 5.74) is 2.73. The van der Waals surface area contributed by atoms with Gasteiger partial charge in [0.2, 0.25) is 0 Å². The number of nitrogens with zero attached hydrogens (tertiary/aromatic N) is 1. The van der Waals surface area contributed by atoms with Crippen LogP contribution in [-0.4, -0.2) is 16.5 Å². The number of carbonyl (C=O) groups excluding carboxylic acids is 1. The van der Waals surface area contributed by atoms with Crippen molar-refractivity contribution < 1.29 is 9.90 Å². The molecule has 0 aliphatic heterocycles. The predicted octanol–water partition coefficient (Wildman–Crippen LogP) is 4.50. The van der Waals surface area contributed by atoms with E-state index in [4.69, 9.17) is 0 Å². The number of ketones is 1. The fourth-order valence-corrected chi connectivity index (χ4v) is 6.46. The summed E-state index contributed by atoms with van der Waals surface area (Å²) in [4.78, 5) is 11.8. The predicted molar refractivity (Wildman–Crippen MR) is 101 cm³/mol. The maximum atomic E-state index is 11.8. The summed E-state index contributed by atoms with van der Waals surface area (Å²) < 4.78 is 0. The molecular formula is C23H29NO2. The maximum absolute atomic E-state index is 11.8. The molecule has 138 valence electrons. The number of aliphatic hydroxyl groups is 1. The molecular weight excluding hydrogens is 322 g/mol. The van der Waals surface area contributed by atoms with E-state index < -0.39 is 5.60 Å². The van der Waals surface area contributed by atoms with Gasteiger partial charge >= 0.3 is 0 Å². The Labute approximate surface area is 156 Å². The number of hydrogen-bond acceptors (Lipinski definition) is 3. The lowest BCUT2D eigenvalue weighted by Gasteiger charge is -2.49. The van der Waals surface area contributed by atoms with Crippen LogP contribution in [0.2, 0.25) is 0 Å². The van der Waals surface area contributed by atoms with E-state index in [0.29, 0.717) is 24.2 Å². The molecule has 5 atom stereocenters. The van der Waals surface area contributed by atoms with Crippen molar-refractivity contribution in [2.24, 2.45) is 29.1 Å². The Bertz CT molecular complexity index is 781. The molecule has 0 bridgehead atoms. The highest BCUT2D eigenvalue weighted by molar-refractivity contribution is 5.93. The molecule has 0 spiro atoms. The second-order valence-corrected chi connectivity index (χ2v) is 9.28. The second-order valence-electron chi connectivity index (χ2n) is 9.28. The minimum atomic E-state index is -0.952. The topological polar surface area (TPSA) is 61.1 Å². The largest absolute Gasteiger partial charge is 0.388 e. The van der Waals surface area contributed by atoms with Crippen LogP contribution < -0.4 is 0 Å². The van der Waals surface area contributed by atoms with Gasteiger partial charge in [0.25, 0.3) is 0 Å². The van der Waals surface area contributed by atoms with Gasteiger partial charge in [-0.1, -0.05) is 32.9 Å². The van der Waals surface area contributed by atoms with Gasteiger partial charge in [-0.05, 0) is 72.2 Å². The first kappa shape index (κ1) is 17.7. The van der Waals surface area contributed by atoms with Gasteiger partial charge in [-0.15, -0.1) is 0 Å². The summed E-state index contributed by atoms with van der Waals surface area (Å²) in [6, 6.07) is 2.27. The van der Waals surface area contributed by atoms with Gasteiger partial charge in [0.15, 0.2) is 5.78 Å². The first-order valence-corrected chi connectivity index (χ1v) is 10.1. The van der Waals surface area contributed by atoms with Crippen LogP contribution in [0.3, 0.4) is 0 Å². The van der Waals surface area contributed by atoms with Crippen molar-refractivity contribution in [3.05, 3.63) is 34.9 Å². The molecule has 4 aliphatic carbocycles. The van der Waals surface area contributed by atoms with E-state index in [0.717, 1.165) is 25.7 Å². The molecule has 0 aromatic rings. The van der Waals surface area contributed by atoms with E-state index in [2.05, 4.69) is 39.0 Å². The van der Waals surface area contributed by atoms with Crippen molar-refractivity contribution in [2.45, 2.75) is 64.9 Å². The van der Waals surface area contributed by atoms with E-state index in [1.807, 2.05) is 6.08 Å². The normalized spacial score (nSPS) is 41.5. The van der Waals surface area contributed by atoms with Crippen LogP contribution in [0.25, 0.3) is 0 Å². The molecule has 4 rings (SSSR count). The van der Waals surface area contributed by atoms with Crippen molar-refractivity contribution in [2.75, 3.05) is 0 Å². The number of hydrogen-bond donors (Lipinski definition) is 1. The van der Waals surface area contributed by atoms with Gasteiger partial charge in [-0.25, -0.2) is 0 Å². The summed E-state index contributed by atoms with van der Waals surface area (Å²) in [6.45, 7) is 6.52. The molecule has 0 aromatic carbocycles. The fraction of sp³-hybridized carbons (Fsp3) is 0.652. The number of rotatable bonds is 2. The summed E-state index contributed by atoms with van der Waals surface area (Å²) >= 11 is 0. The van der Waals surface area contributed by atoms with Gasteiger partial charge in [0, 0.05) is 11.8 Å². The monoisotopic (exact) mass is 351 g/mol. The summed E-state index contributed by atoms with van der Waals surface area (Å²) in [6.07, 6.45) is 11.0. The molecule has 0 heterocycles. The lowest BCUT2D eigenvalue weighted by atomic mass is 9.57. The summed E-state index contributed by atoms with van der Waals surface area (Å²) in [7, 11) is 0. The minimum Gasteiger partial charge on any atom is -0.388 e. The van der Waals surface area contributed by atoms with Crippen LogP contribution in [0, 0.1) is 40.4 Å². The molecule has 1 fully saturated rings. The number of nitriles is 1. The van der Waals surface area contributed by atoms with Crippen LogP contribution in [0.1, 0.15) is 59.3 Å². The number of allylic oxidation sites excluding steroid dienone is 5. The third-order valence-corrected chi connectivity index (χ3v) is 7.89. The van der Waals surface area contributed by atoms with Gasteiger partial charge in [0.05, 0.1) is 18.1 Å². The average Bonchev–Trinajstić information content (AvgIpc) is 2.83. The Morgan fingerprint density at radius 1 is 1.35 bits per heavy atom. The van der Waals surface area contributed by atoms with Crippen LogP contribution in [0.4, 0.5) is 0 Å². The zero-order chi connectivity index (χ0) is 18.7. The fourth-order valence-electron chi connectivity index (χ4n) is 6.46. The molecule has 1 saturated carbocycles. The van der Waals surface area contributed by atoms with Crippen LogP contribution >= 0.6 is 0 Å². The Morgan fingerprint density at radius 2 is 2.12 bits per heavy atom. The second kappa shape index (κ2) is 5.92. The first-order valence-electron chi connectivity index (χ1n) is 10.1. The van der Waals surface area contributed by atoms with Crippen LogP contribution in [0.5, 0.6) is 0 Å². The Balaban J connectivity index is 1.82. The van der Waals surface area contributed by atoms with Crippen LogP contribution in [0.15, 0.2) is 34.9 Å². The number of carbonyl (C=O) groups is 1. The number of fused-ring (bicyclic) bond motifs is 4. The van der Waals surface area contributed by atoms with E-state index in [-0.39, 0.29) is 23.5 Å². The minimum absolute atomic E-state index is 0.149. The highest BCUT2D eigenvalue weighted by Gasteiger charge is 2.64. The molecule has 1 unspecified atom stereocenters. The lowest BCUT2D eigenvalue weighted by molar-refractivity contribution is -0.114. The average molecular weight is 351 g/mol. The molecule has 0 radical (unpaired) electrons. The van der Waals surface area contributed by atoms with E-state index in [1.165, 1.54) is 16.7 Å². The van der Waals surface area contributed by atoms with Crippen molar-refractivity contribution in [1.82, 2.24) is 0 Å². The third kappa shape index (κ3) is 2.24. The quantitative estimate of drug-likeness (QED) is 0.797. The summed E-state index contributed by atoms with van der Waals surface area (Å²) in [5.74, 6) is 1.58. The first-order chi connectivity index (χ1) is 12.3. The van der Waals surface area contributed by atoms with Gasteiger partial charge in [-0.2, -0.15) is 5.26 Å². The van der Waals surface area contributed by atoms with Crippen molar-refractivity contribution >= 4 is 5.78 Å². The molecule has 0 amide bonds. The highest BCUT2D eigenvalue weighted by Crippen LogP contribution is 2.64. The summed E-state index contributed by atoms with van der Waals surface area (Å²) in [5, 5.41) is 21.1. The molecule has 1 N–H and O–H groups in total. The highest BCUT2D eigenvalue weighted by atomic mass is 16.3. The Hall–Kier alpha value is -1.66. The standard InChI is InChI=1S/C23H29NO2/c1-14(2)20-13-21-19-6-4-15-12-16(25)5-7-17(15)18(19)8-9-22(21,3)23(20,26)10-11-24/h8-9,12,14,19-21,26H,4-7,10,13H2,1-3H3/t19-,20?,21+,22+,23+/m1/s1. The molecule has 3 nitrogen and oxygen atoms in total. The van der Waals surface area contributed by atoms with Gasteiger partial charge in [0.1, 0.15) is 0 Å². The molecule has 0 saturated heterocycles. The molecule has 4 aliphatic rings. The van der Waals surface area contributed by atoms with Gasteiger partial charge in [-0.3, -0.25) is 4.79 Å². The van der Waals surface area contributed by atoms with Crippen molar-refractivity contribution in [3.8, 4) is 6.07 Å². The van der Waals surface area contributed by atoms with E-state index >= 15 is 0 Å².